The second-order valence-electron chi connectivity index (χ2n) is 6.99. The van der Waals surface area contributed by atoms with Crippen LogP contribution in [-0.4, -0.2) is 38.8 Å². The second kappa shape index (κ2) is 8.65. The molecule has 0 spiro atoms. The molecule has 1 N–H and O–H groups in total. The van der Waals surface area contributed by atoms with Crippen molar-refractivity contribution in [2.75, 3.05) is 13.1 Å². The molecule has 5 nitrogen and oxygen atoms in total. The average Bonchev–Trinajstić information content (AvgIpc) is 3.24. The molecule has 6 heteroatoms. The van der Waals surface area contributed by atoms with E-state index >= 15 is 0 Å². The lowest BCUT2D eigenvalue weighted by molar-refractivity contribution is 0.190. The van der Waals surface area contributed by atoms with Gasteiger partial charge in [-0.05, 0) is 55.8 Å². The van der Waals surface area contributed by atoms with Crippen LogP contribution in [0.2, 0.25) is 5.02 Å². The third-order valence-electron chi connectivity index (χ3n) is 5.08. The number of nitrogens with zero attached hydrogens (tertiary/aromatic N) is 4. The van der Waals surface area contributed by atoms with Gasteiger partial charge >= 0.3 is 0 Å². The molecule has 0 unspecified atom stereocenters. The first-order valence-electron chi connectivity index (χ1n) is 9.42. The lowest BCUT2D eigenvalue weighted by Crippen LogP contribution is -2.42. The summed E-state index contributed by atoms with van der Waals surface area (Å²) in [6, 6.07) is 14.7. The lowest BCUT2D eigenvalue weighted by atomic mass is 10.0. The number of aromatic nitrogens is 3. The molecule has 0 amide bonds. The van der Waals surface area contributed by atoms with Crippen molar-refractivity contribution in [3.8, 4) is 5.82 Å². The number of hydrogen-bond donors (Lipinski definition) is 1. The maximum Gasteiger partial charge on any atom is 0.157 e. The predicted octanol–water partition coefficient (Wildman–Crippen LogP) is 3.67. The van der Waals surface area contributed by atoms with Gasteiger partial charge in [0.2, 0.25) is 0 Å². The summed E-state index contributed by atoms with van der Waals surface area (Å²) in [5, 5.41) is 8.81. The molecule has 1 saturated heterocycles. The Bertz CT molecular complexity index is 839. The van der Waals surface area contributed by atoms with Crippen LogP contribution in [0, 0.1) is 0 Å². The third kappa shape index (κ3) is 4.75. The van der Waals surface area contributed by atoms with E-state index in [1.807, 2.05) is 41.3 Å². The van der Waals surface area contributed by atoms with Crippen molar-refractivity contribution in [3.05, 3.63) is 77.2 Å². The summed E-state index contributed by atoms with van der Waals surface area (Å²) < 4.78 is 1.83. The summed E-state index contributed by atoms with van der Waals surface area (Å²) >= 11 is 5.97. The minimum absolute atomic E-state index is 0.539. The highest BCUT2D eigenvalue weighted by atomic mass is 35.5. The minimum Gasteiger partial charge on any atom is -0.310 e. The van der Waals surface area contributed by atoms with Gasteiger partial charge < -0.3 is 5.32 Å². The van der Waals surface area contributed by atoms with Crippen LogP contribution in [0.1, 0.15) is 24.0 Å². The Kier molecular flexibility index (Phi) is 5.82. The number of piperidine rings is 1. The molecule has 1 fully saturated rings. The highest BCUT2D eigenvalue weighted by molar-refractivity contribution is 6.30. The molecule has 3 heterocycles. The van der Waals surface area contributed by atoms with E-state index < -0.39 is 0 Å². The number of likely N-dealkylation sites (tertiary alicyclic amines) is 1. The third-order valence-corrected chi connectivity index (χ3v) is 5.33. The highest BCUT2D eigenvalue weighted by Gasteiger charge is 2.19. The van der Waals surface area contributed by atoms with Gasteiger partial charge in [-0.25, -0.2) is 9.67 Å². The number of nitrogens with one attached hydrogen (secondary N) is 1. The Morgan fingerprint density at radius 3 is 2.59 bits per heavy atom. The van der Waals surface area contributed by atoms with Gasteiger partial charge in [0.15, 0.2) is 5.82 Å². The maximum absolute atomic E-state index is 5.97. The maximum atomic E-state index is 5.97. The second-order valence-corrected chi connectivity index (χ2v) is 7.43. The molecule has 140 valence electrons. The molecule has 3 aromatic rings. The average molecular weight is 382 g/mol. The molecule has 0 atom stereocenters. The van der Waals surface area contributed by atoms with E-state index in [-0.39, 0.29) is 0 Å². The topological polar surface area (TPSA) is 46.0 Å². The molecule has 0 bridgehead atoms. The van der Waals surface area contributed by atoms with Crippen LogP contribution in [0.4, 0.5) is 0 Å². The molecule has 1 aromatic carbocycles. The fraction of sp³-hybridized carbons (Fsp3) is 0.333. The van der Waals surface area contributed by atoms with Crippen LogP contribution >= 0.6 is 11.6 Å². The smallest absolute Gasteiger partial charge is 0.157 e. The Morgan fingerprint density at radius 2 is 1.85 bits per heavy atom. The Balaban J connectivity index is 1.28. The van der Waals surface area contributed by atoms with Crippen molar-refractivity contribution in [1.29, 1.82) is 0 Å². The first kappa shape index (κ1) is 18.2. The largest absolute Gasteiger partial charge is 0.310 e. The number of halogens is 1. The van der Waals surface area contributed by atoms with E-state index in [2.05, 4.69) is 38.5 Å². The van der Waals surface area contributed by atoms with E-state index in [4.69, 9.17) is 11.6 Å². The van der Waals surface area contributed by atoms with Gasteiger partial charge in [0.05, 0.1) is 0 Å². The fourth-order valence-electron chi connectivity index (χ4n) is 3.57. The van der Waals surface area contributed by atoms with Gasteiger partial charge in [0.1, 0.15) is 0 Å². The van der Waals surface area contributed by atoms with Crippen molar-refractivity contribution in [2.24, 2.45) is 0 Å². The fourth-order valence-corrected chi connectivity index (χ4v) is 3.69. The van der Waals surface area contributed by atoms with Gasteiger partial charge in [-0.1, -0.05) is 29.8 Å². The zero-order chi connectivity index (χ0) is 18.5. The van der Waals surface area contributed by atoms with Crippen molar-refractivity contribution >= 4 is 11.6 Å². The summed E-state index contributed by atoms with van der Waals surface area (Å²) in [5.74, 6) is 0.898. The molecule has 0 radical (unpaired) electrons. The van der Waals surface area contributed by atoms with Gasteiger partial charge in [-0.3, -0.25) is 4.90 Å². The number of hydrogen-bond acceptors (Lipinski definition) is 4. The van der Waals surface area contributed by atoms with Crippen molar-refractivity contribution in [3.63, 3.8) is 0 Å². The zero-order valence-electron chi connectivity index (χ0n) is 15.3. The van der Waals surface area contributed by atoms with Crippen molar-refractivity contribution in [2.45, 2.75) is 32.0 Å². The lowest BCUT2D eigenvalue weighted by Gasteiger charge is -2.32. The van der Waals surface area contributed by atoms with Crippen molar-refractivity contribution in [1.82, 2.24) is 25.0 Å². The minimum atomic E-state index is 0.539. The van der Waals surface area contributed by atoms with E-state index in [0.29, 0.717) is 6.04 Å². The molecule has 2 aromatic heterocycles. The molecule has 27 heavy (non-hydrogen) atoms. The van der Waals surface area contributed by atoms with Gasteiger partial charge in [-0.2, -0.15) is 5.10 Å². The Labute approximate surface area is 165 Å². The van der Waals surface area contributed by atoms with Crippen molar-refractivity contribution < 1.29 is 0 Å². The van der Waals surface area contributed by atoms with Crippen LogP contribution in [0.15, 0.2) is 61.1 Å². The van der Waals surface area contributed by atoms with Crippen LogP contribution in [0.5, 0.6) is 0 Å². The summed E-state index contributed by atoms with van der Waals surface area (Å²) in [4.78, 5) is 7.01. The van der Waals surface area contributed by atoms with Crippen LogP contribution in [0.3, 0.4) is 0 Å². The molecule has 1 aliphatic rings. The quantitative estimate of drug-likeness (QED) is 0.707. The molecular formula is C21H24ClN5. The van der Waals surface area contributed by atoms with E-state index in [0.717, 1.165) is 49.9 Å². The summed E-state index contributed by atoms with van der Waals surface area (Å²) in [6.45, 7) is 4.03. The zero-order valence-corrected chi connectivity index (χ0v) is 16.0. The monoisotopic (exact) mass is 381 g/mol. The van der Waals surface area contributed by atoms with E-state index in [1.54, 1.807) is 6.20 Å². The van der Waals surface area contributed by atoms with Gasteiger partial charge in [0.25, 0.3) is 0 Å². The van der Waals surface area contributed by atoms with E-state index in [1.165, 1.54) is 11.1 Å². The first-order chi connectivity index (χ1) is 13.3. The van der Waals surface area contributed by atoms with E-state index in [9.17, 15) is 0 Å². The SMILES string of the molecule is Clc1ccc(CN2CCC(NCc3cccnc3-n3cccn3)CC2)cc1. The van der Waals surface area contributed by atoms with Gasteiger partial charge in [-0.15, -0.1) is 0 Å². The predicted molar refractivity (Wildman–Crippen MR) is 108 cm³/mol. The summed E-state index contributed by atoms with van der Waals surface area (Å²) in [7, 11) is 0. The molecule has 1 aliphatic heterocycles. The number of pyridine rings is 1. The standard InChI is InChI=1S/C21H24ClN5/c22-19-6-4-17(5-7-19)16-26-13-8-20(9-14-26)24-15-18-3-1-10-23-21(18)27-12-2-11-25-27/h1-7,10-12,20,24H,8-9,13-16H2. The summed E-state index contributed by atoms with van der Waals surface area (Å²) in [6.07, 6.45) is 7.84. The molecule has 4 rings (SSSR count). The molecule has 0 saturated carbocycles. The van der Waals surface area contributed by atoms with Crippen LogP contribution < -0.4 is 5.32 Å². The highest BCUT2D eigenvalue weighted by Crippen LogP contribution is 2.17. The molecular weight excluding hydrogens is 358 g/mol. The van der Waals surface area contributed by atoms with Crippen LogP contribution in [-0.2, 0) is 13.1 Å². The molecule has 0 aliphatic carbocycles. The number of benzene rings is 1. The first-order valence-corrected chi connectivity index (χ1v) is 9.80. The number of rotatable bonds is 6. The Hall–Kier alpha value is -2.21. The summed E-state index contributed by atoms with van der Waals surface area (Å²) in [5.41, 5.74) is 2.50. The van der Waals surface area contributed by atoms with Gasteiger partial charge in [0, 0.05) is 48.3 Å². The van der Waals surface area contributed by atoms with Crippen LogP contribution in [0.25, 0.3) is 5.82 Å². The normalized spacial score (nSPS) is 15.9. The Morgan fingerprint density at radius 1 is 1.04 bits per heavy atom.